The van der Waals surface area contributed by atoms with E-state index < -0.39 is 0 Å². The highest BCUT2D eigenvalue weighted by Crippen LogP contribution is 2.09. The van der Waals surface area contributed by atoms with Crippen molar-refractivity contribution in [2.45, 2.75) is 19.8 Å². The summed E-state index contributed by atoms with van der Waals surface area (Å²) in [6.45, 7) is 2.81. The number of alkyl halides is 1. The highest BCUT2D eigenvalue weighted by Gasteiger charge is 2.06. The van der Waals surface area contributed by atoms with Gasteiger partial charge in [-0.05, 0) is 23.8 Å². The topological polar surface area (TPSA) is 29.1 Å². The fourth-order valence-electron chi connectivity index (χ4n) is 1.21. The summed E-state index contributed by atoms with van der Waals surface area (Å²) < 4.78 is 0. The van der Waals surface area contributed by atoms with E-state index in [1.54, 1.807) is 11.3 Å². The molecular weight excluding hydrogens is 230 g/mol. The molecule has 4 heteroatoms. The Kier molecular flexibility index (Phi) is 5.73. The highest BCUT2D eigenvalue weighted by atomic mass is 35.5. The maximum Gasteiger partial charge on any atom is 0.225 e. The summed E-state index contributed by atoms with van der Waals surface area (Å²) in [5.41, 5.74) is 0. The molecule has 1 N–H and O–H groups in total. The maximum atomic E-state index is 11.5. The Morgan fingerprint density at radius 2 is 2.47 bits per heavy atom. The molecule has 15 heavy (non-hydrogen) atoms. The van der Waals surface area contributed by atoms with Gasteiger partial charge < -0.3 is 5.32 Å². The Hall–Kier alpha value is -0.540. The fourth-order valence-corrected chi connectivity index (χ4v) is 2.29. The van der Waals surface area contributed by atoms with E-state index in [9.17, 15) is 4.79 Å². The van der Waals surface area contributed by atoms with Crippen molar-refractivity contribution in [3.63, 3.8) is 0 Å². The van der Waals surface area contributed by atoms with Crippen molar-refractivity contribution in [1.82, 2.24) is 5.32 Å². The summed E-state index contributed by atoms with van der Waals surface area (Å²) >= 11 is 7.23. The van der Waals surface area contributed by atoms with Crippen molar-refractivity contribution in [3.05, 3.63) is 22.4 Å². The van der Waals surface area contributed by atoms with E-state index >= 15 is 0 Å². The van der Waals surface area contributed by atoms with E-state index in [-0.39, 0.29) is 5.91 Å². The van der Waals surface area contributed by atoms with Crippen LogP contribution in [-0.4, -0.2) is 18.3 Å². The van der Waals surface area contributed by atoms with Gasteiger partial charge in [-0.1, -0.05) is 13.0 Å². The molecule has 1 aromatic rings. The van der Waals surface area contributed by atoms with Crippen LogP contribution in [0.2, 0.25) is 0 Å². The molecule has 0 radical (unpaired) electrons. The van der Waals surface area contributed by atoms with Crippen molar-refractivity contribution in [3.8, 4) is 0 Å². The van der Waals surface area contributed by atoms with Crippen LogP contribution < -0.4 is 5.32 Å². The molecule has 1 atom stereocenters. The number of carbonyl (C=O) groups excluding carboxylic acids is 1. The first-order valence-electron chi connectivity index (χ1n) is 5.07. The minimum absolute atomic E-state index is 0.0962. The number of rotatable bonds is 6. The predicted octanol–water partition coefficient (Wildman–Crippen LogP) is 2.67. The summed E-state index contributed by atoms with van der Waals surface area (Å²) in [5, 5.41) is 4.90. The number of hydrogen-bond acceptors (Lipinski definition) is 2. The molecule has 84 valence electrons. The van der Waals surface area contributed by atoms with Gasteiger partial charge in [-0.15, -0.1) is 22.9 Å². The number of thiophene rings is 1. The Morgan fingerprint density at radius 3 is 3.07 bits per heavy atom. The lowest BCUT2D eigenvalue weighted by atomic mass is 10.1. The molecular formula is C11H16ClNOS. The lowest BCUT2D eigenvalue weighted by Crippen LogP contribution is -2.29. The Bertz CT molecular complexity index is 287. The first-order chi connectivity index (χ1) is 7.22. The van der Waals surface area contributed by atoms with Gasteiger partial charge in [0.25, 0.3) is 0 Å². The molecule has 0 aromatic carbocycles. The second kappa shape index (κ2) is 6.85. The number of hydrogen-bond donors (Lipinski definition) is 1. The van der Waals surface area contributed by atoms with Crippen LogP contribution in [0.1, 0.15) is 18.2 Å². The molecule has 1 heterocycles. The highest BCUT2D eigenvalue weighted by molar-refractivity contribution is 7.10. The third kappa shape index (κ3) is 5.19. The SMILES string of the molecule is CC(CCCl)CNC(=O)Cc1cccs1. The summed E-state index contributed by atoms with van der Waals surface area (Å²) in [6.07, 6.45) is 1.44. The van der Waals surface area contributed by atoms with Crippen molar-refractivity contribution >= 4 is 28.8 Å². The molecule has 0 aliphatic heterocycles. The summed E-state index contributed by atoms with van der Waals surface area (Å²) in [5.74, 6) is 1.20. The molecule has 0 saturated carbocycles. The number of halogens is 1. The molecule has 2 nitrogen and oxygen atoms in total. The maximum absolute atomic E-state index is 11.5. The van der Waals surface area contributed by atoms with E-state index in [4.69, 9.17) is 11.6 Å². The second-order valence-electron chi connectivity index (χ2n) is 3.64. The van der Waals surface area contributed by atoms with Crippen LogP contribution >= 0.6 is 22.9 Å². The van der Waals surface area contributed by atoms with Gasteiger partial charge in [-0.2, -0.15) is 0 Å². The van der Waals surface area contributed by atoms with Crippen molar-refractivity contribution in [2.75, 3.05) is 12.4 Å². The average molecular weight is 246 g/mol. The van der Waals surface area contributed by atoms with E-state index in [0.29, 0.717) is 18.2 Å². The van der Waals surface area contributed by atoms with Crippen LogP contribution in [0.3, 0.4) is 0 Å². The fraction of sp³-hybridized carbons (Fsp3) is 0.545. The Morgan fingerprint density at radius 1 is 1.67 bits per heavy atom. The molecule has 0 saturated heterocycles. The third-order valence-corrected chi connectivity index (χ3v) is 3.26. The molecule has 0 aliphatic carbocycles. The standard InChI is InChI=1S/C11H16ClNOS/c1-9(4-5-12)8-13-11(14)7-10-3-2-6-15-10/h2-3,6,9H,4-5,7-8H2,1H3,(H,13,14). The smallest absolute Gasteiger partial charge is 0.225 e. The first-order valence-corrected chi connectivity index (χ1v) is 6.49. The number of nitrogens with one attached hydrogen (secondary N) is 1. The quantitative estimate of drug-likeness (QED) is 0.768. The van der Waals surface area contributed by atoms with Crippen LogP contribution in [-0.2, 0) is 11.2 Å². The van der Waals surface area contributed by atoms with Crippen molar-refractivity contribution in [1.29, 1.82) is 0 Å². The number of carbonyl (C=O) groups is 1. The van der Waals surface area contributed by atoms with Gasteiger partial charge >= 0.3 is 0 Å². The predicted molar refractivity (Wildman–Crippen MR) is 65.5 cm³/mol. The van der Waals surface area contributed by atoms with Crippen molar-refractivity contribution in [2.24, 2.45) is 5.92 Å². The molecule has 0 bridgehead atoms. The molecule has 0 spiro atoms. The summed E-state index contributed by atoms with van der Waals surface area (Å²) in [6, 6.07) is 3.94. The normalized spacial score (nSPS) is 12.4. The zero-order chi connectivity index (χ0) is 11.1. The average Bonchev–Trinajstić information content (AvgIpc) is 2.68. The molecule has 0 aliphatic rings. The minimum Gasteiger partial charge on any atom is -0.356 e. The monoisotopic (exact) mass is 245 g/mol. The Balaban J connectivity index is 2.19. The third-order valence-electron chi connectivity index (χ3n) is 2.16. The van der Waals surface area contributed by atoms with Gasteiger partial charge in [0.2, 0.25) is 5.91 Å². The van der Waals surface area contributed by atoms with E-state index in [0.717, 1.165) is 17.8 Å². The zero-order valence-electron chi connectivity index (χ0n) is 8.83. The van der Waals surface area contributed by atoms with E-state index in [1.807, 2.05) is 17.5 Å². The first kappa shape index (κ1) is 12.5. The lowest BCUT2D eigenvalue weighted by molar-refractivity contribution is -0.120. The zero-order valence-corrected chi connectivity index (χ0v) is 10.4. The van der Waals surface area contributed by atoms with E-state index in [1.165, 1.54) is 0 Å². The summed E-state index contributed by atoms with van der Waals surface area (Å²) in [7, 11) is 0. The van der Waals surface area contributed by atoms with Gasteiger partial charge in [0.1, 0.15) is 0 Å². The van der Waals surface area contributed by atoms with Gasteiger partial charge in [-0.3, -0.25) is 4.79 Å². The van der Waals surface area contributed by atoms with Crippen LogP contribution in [0.4, 0.5) is 0 Å². The Labute approximate surface area is 99.6 Å². The van der Waals surface area contributed by atoms with Gasteiger partial charge in [0.05, 0.1) is 6.42 Å². The molecule has 1 rings (SSSR count). The summed E-state index contributed by atoms with van der Waals surface area (Å²) in [4.78, 5) is 12.6. The molecule has 0 fully saturated rings. The van der Waals surface area contributed by atoms with Crippen LogP contribution in [0, 0.1) is 5.92 Å². The van der Waals surface area contributed by atoms with E-state index in [2.05, 4.69) is 12.2 Å². The van der Waals surface area contributed by atoms with Gasteiger partial charge in [-0.25, -0.2) is 0 Å². The van der Waals surface area contributed by atoms with Crippen LogP contribution in [0.15, 0.2) is 17.5 Å². The second-order valence-corrected chi connectivity index (χ2v) is 5.05. The molecule has 1 unspecified atom stereocenters. The minimum atomic E-state index is 0.0962. The molecule has 1 aromatic heterocycles. The molecule has 1 amide bonds. The lowest BCUT2D eigenvalue weighted by Gasteiger charge is -2.10. The number of amides is 1. The van der Waals surface area contributed by atoms with Gasteiger partial charge in [0.15, 0.2) is 0 Å². The van der Waals surface area contributed by atoms with Crippen molar-refractivity contribution < 1.29 is 4.79 Å². The largest absolute Gasteiger partial charge is 0.356 e. The van der Waals surface area contributed by atoms with Gasteiger partial charge in [0, 0.05) is 17.3 Å². The van der Waals surface area contributed by atoms with Crippen LogP contribution in [0.5, 0.6) is 0 Å². The van der Waals surface area contributed by atoms with Crippen LogP contribution in [0.25, 0.3) is 0 Å².